The van der Waals surface area contributed by atoms with Gasteiger partial charge in [0.25, 0.3) is 0 Å². The molecule has 1 saturated heterocycles. The first kappa shape index (κ1) is 11.0. The van der Waals surface area contributed by atoms with Gasteiger partial charge in [0, 0.05) is 30.4 Å². The lowest BCUT2D eigenvalue weighted by Gasteiger charge is -2.33. The maximum Gasteiger partial charge on any atom is 0.135 e. The van der Waals surface area contributed by atoms with Crippen molar-refractivity contribution in [2.75, 3.05) is 18.0 Å². The molecule has 4 heteroatoms. The molecule has 3 rings (SSSR count). The number of aryl methyl sites for hydroxylation is 1. The second kappa shape index (κ2) is 4.61. The maximum absolute atomic E-state index is 6.05. The minimum Gasteiger partial charge on any atom is -0.355 e. The van der Waals surface area contributed by atoms with Gasteiger partial charge in [0.2, 0.25) is 0 Å². The van der Waals surface area contributed by atoms with E-state index >= 15 is 0 Å². The van der Waals surface area contributed by atoms with E-state index in [-0.39, 0.29) is 0 Å². The molecule has 0 radical (unpaired) electrons. The summed E-state index contributed by atoms with van der Waals surface area (Å²) < 4.78 is 0. The molecule has 2 aliphatic rings. The summed E-state index contributed by atoms with van der Waals surface area (Å²) in [6.07, 6.45) is 8.83. The van der Waals surface area contributed by atoms with Crippen LogP contribution in [0, 0.1) is 0 Å². The highest BCUT2D eigenvalue weighted by molar-refractivity contribution is 5.50. The van der Waals surface area contributed by atoms with Crippen LogP contribution >= 0.6 is 0 Å². The molecular formula is C13H20N4. The normalized spacial score (nSPS) is 24.5. The van der Waals surface area contributed by atoms with Gasteiger partial charge in [0.05, 0.1) is 0 Å². The first-order valence-electron chi connectivity index (χ1n) is 6.68. The van der Waals surface area contributed by atoms with E-state index in [2.05, 4.69) is 14.9 Å². The standard InChI is InChI=1S/C13H20N4/c14-10-4-3-7-17(8-10)13-11-5-1-2-6-12(11)15-9-16-13/h9-10H,1-8,14H2/t10-/m0/s1. The summed E-state index contributed by atoms with van der Waals surface area (Å²) in [6, 6.07) is 0.304. The molecule has 2 heterocycles. The molecule has 4 nitrogen and oxygen atoms in total. The molecule has 1 aromatic heterocycles. The predicted octanol–water partition coefficient (Wildman–Crippen LogP) is 1.28. The molecule has 1 atom stereocenters. The van der Waals surface area contributed by atoms with E-state index in [1.165, 1.54) is 30.5 Å². The second-order valence-electron chi connectivity index (χ2n) is 5.18. The summed E-state index contributed by atoms with van der Waals surface area (Å²) in [6.45, 7) is 2.04. The summed E-state index contributed by atoms with van der Waals surface area (Å²) in [7, 11) is 0. The third-order valence-corrected chi connectivity index (χ3v) is 3.86. The van der Waals surface area contributed by atoms with E-state index in [1.54, 1.807) is 6.33 Å². The van der Waals surface area contributed by atoms with Gasteiger partial charge in [0.1, 0.15) is 12.1 Å². The zero-order chi connectivity index (χ0) is 11.7. The van der Waals surface area contributed by atoms with Gasteiger partial charge >= 0.3 is 0 Å². The Kier molecular flexibility index (Phi) is 2.97. The van der Waals surface area contributed by atoms with Gasteiger partial charge in [0.15, 0.2) is 0 Å². The highest BCUT2D eigenvalue weighted by atomic mass is 15.2. The van der Waals surface area contributed by atoms with Crippen molar-refractivity contribution in [2.45, 2.75) is 44.6 Å². The first-order chi connectivity index (χ1) is 8.34. The molecule has 0 amide bonds. The maximum atomic E-state index is 6.05. The number of nitrogens with two attached hydrogens (primary N) is 1. The van der Waals surface area contributed by atoms with Gasteiger partial charge < -0.3 is 10.6 Å². The van der Waals surface area contributed by atoms with Crippen molar-refractivity contribution in [2.24, 2.45) is 5.73 Å². The molecule has 1 fully saturated rings. The lowest BCUT2D eigenvalue weighted by atomic mass is 9.95. The van der Waals surface area contributed by atoms with Gasteiger partial charge in [-0.05, 0) is 38.5 Å². The fourth-order valence-corrected chi connectivity index (χ4v) is 2.98. The van der Waals surface area contributed by atoms with E-state index in [0.717, 1.165) is 38.2 Å². The fourth-order valence-electron chi connectivity index (χ4n) is 2.98. The zero-order valence-corrected chi connectivity index (χ0v) is 10.2. The molecule has 0 aromatic carbocycles. The molecule has 2 N–H and O–H groups in total. The van der Waals surface area contributed by atoms with E-state index in [0.29, 0.717) is 6.04 Å². The minimum absolute atomic E-state index is 0.304. The number of aromatic nitrogens is 2. The number of rotatable bonds is 1. The topological polar surface area (TPSA) is 55.0 Å². The van der Waals surface area contributed by atoms with Crippen LogP contribution in [0.25, 0.3) is 0 Å². The van der Waals surface area contributed by atoms with E-state index in [4.69, 9.17) is 5.73 Å². The molecule has 0 saturated carbocycles. The number of piperidine rings is 1. The van der Waals surface area contributed by atoms with Gasteiger partial charge in [-0.3, -0.25) is 0 Å². The van der Waals surface area contributed by atoms with Crippen LogP contribution in [0.3, 0.4) is 0 Å². The largest absolute Gasteiger partial charge is 0.355 e. The van der Waals surface area contributed by atoms with Crippen molar-refractivity contribution in [1.82, 2.24) is 9.97 Å². The fraction of sp³-hybridized carbons (Fsp3) is 0.692. The van der Waals surface area contributed by atoms with Crippen molar-refractivity contribution in [3.05, 3.63) is 17.6 Å². The molecule has 1 aromatic rings. The Morgan fingerprint density at radius 3 is 2.94 bits per heavy atom. The number of anilines is 1. The summed E-state index contributed by atoms with van der Waals surface area (Å²) >= 11 is 0. The highest BCUT2D eigenvalue weighted by Crippen LogP contribution is 2.28. The third-order valence-electron chi connectivity index (χ3n) is 3.86. The summed E-state index contributed by atoms with van der Waals surface area (Å²) in [5.74, 6) is 1.16. The highest BCUT2D eigenvalue weighted by Gasteiger charge is 2.23. The van der Waals surface area contributed by atoms with Crippen molar-refractivity contribution >= 4 is 5.82 Å². The molecule has 17 heavy (non-hydrogen) atoms. The number of fused-ring (bicyclic) bond motifs is 1. The SMILES string of the molecule is N[C@H]1CCCN(c2ncnc3c2CCCC3)C1. The minimum atomic E-state index is 0.304. The second-order valence-corrected chi connectivity index (χ2v) is 5.18. The van der Waals surface area contributed by atoms with Crippen LogP contribution in [0.4, 0.5) is 5.82 Å². The van der Waals surface area contributed by atoms with E-state index in [9.17, 15) is 0 Å². The van der Waals surface area contributed by atoms with Gasteiger partial charge in [-0.1, -0.05) is 0 Å². The Balaban J connectivity index is 1.91. The predicted molar refractivity (Wildman–Crippen MR) is 68.1 cm³/mol. The average Bonchev–Trinajstić information content (AvgIpc) is 2.38. The van der Waals surface area contributed by atoms with Crippen LogP contribution in [0.15, 0.2) is 6.33 Å². The van der Waals surface area contributed by atoms with Crippen molar-refractivity contribution in [3.8, 4) is 0 Å². The van der Waals surface area contributed by atoms with Crippen LogP contribution in [0.2, 0.25) is 0 Å². The van der Waals surface area contributed by atoms with E-state index in [1.807, 2.05) is 0 Å². The summed E-state index contributed by atoms with van der Waals surface area (Å²) in [5.41, 5.74) is 8.70. The van der Waals surface area contributed by atoms with Crippen molar-refractivity contribution in [3.63, 3.8) is 0 Å². The zero-order valence-electron chi connectivity index (χ0n) is 10.2. The Labute approximate surface area is 102 Å². The summed E-state index contributed by atoms with van der Waals surface area (Å²) in [5, 5.41) is 0. The van der Waals surface area contributed by atoms with Gasteiger partial charge in [-0.25, -0.2) is 9.97 Å². The lowest BCUT2D eigenvalue weighted by molar-refractivity contribution is 0.500. The average molecular weight is 232 g/mol. The number of nitrogens with zero attached hydrogens (tertiary/aromatic N) is 3. The van der Waals surface area contributed by atoms with Crippen LogP contribution in [0.1, 0.15) is 36.9 Å². The Morgan fingerprint density at radius 1 is 1.18 bits per heavy atom. The smallest absolute Gasteiger partial charge is 0.135 e. The molecule has 1 aliphatic carbocycles. The van der Waals surface area contributed by atoms with Crippen LogP contribution in [-0.4, -0.2) is 29.1 Å². The van der Waals surface area contributed by atoms with Crippen molar-refractivity contribution in [1.29, 1.82) is 0 Å². The Morgan fingerprint density at radius 2 is 2.06 bits per heavy atom. The quantitative estimate of drug-likeness (QED) is 0.792. The molecule has 1 aliphatic heterocycles. The molecule has 0 spiro atoms. The third kappa shape index (κ3) is 2.14. The van der Waals surface area contributed by atoms with Gasteiger partial charge in [-0.2, -0.15) is 0 Å². The lowest BCUT2D eigenvalue weighted by Crippen LogP contribution is -2.43. The molecular weight excluding hydrogens is 212 g/mol. The molecule has 0 bridgehead atoms. The first-order valence-corrected chi connectivity index (χ1v) is 6.68. The monoisotopic (exact) mass is 232 g/mol. The van der Waals surface area contributed by atoms with Crippen LogP contribution < -0.4 is 10.6 Å². The number of hydrogen-bond donors (Lipinski definition) is 1. The molecule has 0 unspecified atom stereocenters. The van der Waals surface area contributed by atoms with Crippen LogP contribution in [-0.2, 0) is 12.8 Å². The number of hydrogen-bond acceptors (Lipinski definition) is 4. The molecule has 92 valence electrons. The van der Waals surface area contributed by atoms with Crippen molar-refractivity contribution < 1.29 is 0 Å². The van der Waals surface area contributed by atoms with Crippen LogP contribution in [0.5, 0.6) is 0 Å². The van der Waals surface area contributed by atoms with Gasteiger partial charge in [-0.15, -0.1) is 0 Å². The summed E-state index contributed by atoms with van der Waals surface area (Å²) in [4.78, 5) is 11.3. The van der Waals surface area contributed by atoms with E-state index < -0.39 is 0 Å². The Hall–Kier alpha value is -1.16. The Bertz CT molecular complexity index is 404.